The smallest absolute Gasteiger partial charge is 0.269 e. The van der Waals surface area contributed by atoms with Gasteiger partial charge in [0.15, 0.2) is 5.82 Å². The van der Waals surface area contributed by atoms with Gasteiger partial charge in [0.25, 0.3) is 5.89 Å². The Hall–Kier alpha value is -1.31. The summed E-state index contributed by atoms with van der Waals surface area (Å²) in [5.41, 5.74) is 6.44. The maximum absolute atomic E-state index is 5.56. The molecule has 0 radical (unpaired) electrons. The lowest BCUT2D eigenvalue weighted by molar-refractivity contribution is 0.366. The Kier molecular flexibility index (Phi) is 3.51. The van der Waals surface area contributed by atoms with Gasteiger partial charge in [-0.05, 0) is 21.0 Å². The van der Waals surface area contributed by atoms with Gasteiger partial charge in [-0.15, -0.1) is 11.3 Å². The van der Waals surface area contributed by atoms with Crippen molar-refractivity contribution in [3.63, 3.8) is 0 Å². The molecule has 0 fully saturated rings. The van der Waals surface area contributed by atoms with Crippen LogP contribution < -0.4 is 5.73 Å². The topological polar surface area (TPSA) is 81.1 Å². The second-order valence-electron chi connectivity index (χ2n) is 3.98. The van der Waals surface area contributed by atoms with Crippen molar-refractivity contribution in [3.8, 4) is 10.8 Å². The molecule has 7 heteroatoms. The summed E-state index contributed by atoms with van der Waals surface area (Å²) < 4.78 is 5.23. The van der Waals surface area contributed by atoms with Gasteiger partial charge in [-0.3, -0.25) is 0 Å². The molecule has 6 nitrogen and oxygen atoms in total. The molecule has 92 valence electrons. The molecule has 2 aromatic heterocycles. The maximum Gasteiger partial charge on any atom is 0.269 e. The van der Waals surface area contributed by atoms with Crippen molar-refractivity contribution in [2.24, 2.45) is 5.73 Å². The van der Waals surface area contributed by atoms with Crippen LogP contribution >= 0.6 is 11.3 Å². The first-order valence-electron chi connectivity index (χ1n) is 5.24. The van der Waals surface area contributed by atoms with Crippen molar-refractivity contribution < 1.29 is 4.52 Å². The zero-order valence-corrected chi connectivity index (χ0v) is 10.9. The zero-order valence-electron chi connectivity index (χ0n) is 10.1. The van der Waals surface area contributed by atoms with Crippen LogP contribution in [0, 0.1) is 6.92 Å². The van der Waals surface area contributed by atoms with Crippen LogP contribution in [0.3, 0.4) is 0 Å². The van der Waals surface area contributed by atoms with Crippen LogP contribution in [-0.4, -0.2) is 34.1 Å². The Morgan fingerprint density at radius 2 is 2.12 bits per heavy atom. The molecule has 2 N–H and O–H groups in total. The fraction of sp³-hybridized carbons (Fsp3) is 0.500. The predicted molar refractivity (Wildman–Crippen MR) is 65.4 cm³/mol. The van der Waals surface area contributed by atoms with Gasteiger partial charge in [-0.2, -0.15) is 4.98 Å². The quantitative estimate of drug-likeness (QED) is 0.876. The zero-order chi connectivity index (χ0) is 12.4. The summed E-state index contributed by atoms with van der Waals surface area (Å²) in [5.74, 6) is 1.20. The van der Waals surface area contributed by atoms with E-state index in [1.807, 2.05) is 25.9 Å². The van der Waals surface area contributed by atoms with Gasteiger partial charge in [0.2, 0.25) is 0 Å². The molecule has 0 amide bonds. The summed E-state index contributed by atoms with van der Waals surface area (Å²) >= 11 is 1.50. The minimum absolute atomic E-state index is 0.435. The SMILES string of the molecule is Cc1nc(CN)sc1-c1nc(CN(C)C)no1. The molecular formula is C10H15N5OS. The molecule has 17 heavy (non-hydrogen) atoms. The van der Waals surface area contributed by atoms with Gasteiger partial charge in [0.1, 0.15) is 9.88 Å². The minimum atomic E-state index is 0.435. The van der Waals surface area contributed by atoms with Gasteiger partial charge in [-0.1, -0.05) is 5.16 Å². The van der Waals surface area contributed by atoms with Crippen LogP contribution in [0.5, 0.6) is 0 Å². The Labute approximate surface area is 103 Å². The summed E-state index contributed by atoms with van der Waals surface area (Å²) in [6.07, 6.45) is 0. The molecule has 0 saturated carbocycles. The molecule has 0 aliphatic heterocycles. The molecular weight excluding hydrogens is 238 g/mol. The first-order valence-corrected chi connectivity index (χ1v) is 6.06. The van der Waals surface area contributed by atoms with E-state index in [0.717, 1.165) is 15.6 Å². The van der Waals surface area contributed by atoms with Crippen LogP contribution in [-0.2, 0) is 13.1 Å². The van der Waals surface area contributed by atoms with Crippen molar-refractivity contribution >= 4 is 11.3 Å². The summed E-state index contributed by atoms with van der Waals surface area (Å²) in [6.45, 7) is 3.01. The third-order valence-electron chi connectivity index (χ3n) is 2.14. The summed E-state index contributed by atoms with van der Waals surface area (Å²) in [5, 5.41) is 4.81. The number of thiazole rings is 1. The maximum atomic E-state index is 5.56. The largest absolute Gasteiger partial charge is 0.333 e. The monoisotopic (exact) mass is 253 g/mol. The highest BCUT2D eigenvalue weighted by Crippen LogP contribution is 2.28. The Bertz CT molecular complexity index is 505. The third-order valence-corrected chi connectivity index (χ3v) is 3.30. The molecule has 0 saturated heterocycles. The van der Waals surface area contributed by atoms with E-state index < -0.39 is 0 Å². The minimum Gasteiger partial charge on any atom is -0.333 e. The number of nitrogens with zero attached hydrogens (tertiary/aromatic N) is 4. The van der Waals surface area contributed by atoms with Crippen molar-refractivity contribution in [1.82, 2.24) is 20.0 Å². The summed E-state index contributed by atoms with van der Waals surface area (Å²) in [6, 6.07) is 0. The van der Waals surface area contributed by atoms with Gasteiger partial charge in [-0.25, -0.2) is 4.98 Å². The first-order chi connectivity index (χ1) is 8.10. The lowest BCUT2D eigenvalue weighted by Gasteiger charge is -2.03. The fourth-order valence-corrected chi connectivity index (χ4v) is 2.30. The average Bonchev–Trinajstić information content (AvgIpc) is 2.83. The van der Waals surface area contributed by atoms with E-state index in [9.17, 15) is 0 Å². The van der Waals surface area contributed by atoms with Crippen LogP contribution in [0.1, 0.15) is 16.5 Å². The predicted octanol–water partition coefficient (Wildman–Crippen LogP) is 1.02. The average molecular weight is 253 g/mol. The molecule has 0 aliphatic rings. The highest BCUT2D eigenvalue weighted by molar-refractivity contribution is 7.15. The number of hydrogen-bond donors (Lipinski definition) is 1. The molecule has 2 rings (SSSR count). The van der Waals surface area contributed by atoms with Gasteiger partial charge in [0.05, 0.1) is 12.2 Å². The second-order valence-corrected chi connectivity index (χ2v) is 5.06. The highest BCUT2D eigenvalue weighted by atomic mass is 32.1. The Morgan fingerprint density at radius 3 is 2.71 bits per heavy atom. The van der Waals surface area contributed by atoms with Gasteiger partial charge in [0, 0.05) is 6.54 Å². The van der Waals surface area contributed by atoms with Crippen LogP contribution in [0.4, 0.5) is 0 Å². The molecule has 0 aliphatic carbocycles. The molecule has 0 aromatic carbocycles. The number of nitrogens with two attached hydrogens (primary N) is 1. The van der Waals surface area contributed by atoms with Gasteiger partial charge >= 0.3 is 0 Å². The van der Waals surface area contributed by atoms with E-state index in [1.165, 1.54) is 11.3 Å². The first kappa shape index (κ1) is 12.2. The van der Waals surface area contributed by atoms with E-state index in [2.05, 4.69) is 15.1 Å². The Morgan fingerprint density at radius 1 is 1.35 bits per heavy atom. The van der Waals surface area contributed by atoms with E-state index in [1.54, 1.807) is 0 Å². The lowest BCUT2D eigenvalue weighted by atomic mass is 10.4. The lowest BCUT2D eigenvalue weighted by Crippen LogP contribution is -2.11. The molecule has 0 spiro atoms. The summed E-state index contributed by atoms with van der Waals surface area (Å²) in [4.78, 5) is 11.6. The van der Waals surface area contributed by atoms with Crippen LogP contribution in [0.2, 0.25) is 0 Å². The number of aryl methyl sites for hydroxylation is 1. The molecule has 0 unspecified atom stereocenters. The van der Waals surface area contributed by atoms with Crippen molar-refractivity contribution in [2.75, 3.05) is 14.1 Å². The number of aromatic nitrogens is 3. The van der Waals surface area contributed by atoms with Crippen molar-refractivity contribution in [3.05, 3.63) is 16.5 Å². The normalized spacial score (nSPS) is 11.4. The number of hydrogen-bond acceptors (Lipinski definition) is 7. The summed E-state index contributed by atoms with van der Waals surface area (Å²) in [7, 11) is 3.92. The third kappa shape index (κ3) is 2.68. The van der Waals surface area contributed by atoms with Crippen LogP contribution in [0.15, 0.2) is 4.52 Å². The van der Waals surface area contributed by atoms with E-state index in [4.69, 9.17) is 10.3 Å². The van der Waals surface area contributed by atoms with Crippen molar-refractivity contribution in [2.45, 2.75) is 20.0 Å². The molecule has 0 atom stereocenters. The van der Waals surface area contributed by atoms with Crippen LogP contribution in [0.25, 0.3) is 10.8 Å². The molecule has 2 heterocycles. The van der Waals surface area contributed by atoms with Gasteiger partial charge < -0.3 is 15.2 Å². The van der Waals surface area contributed by atoms with Crippen molar-refractivity contribution in [1.29, 1.82) is 0 Å². The van der Waals surface area contributed by atoms with E-state index >= 15 is 0 Å². The van der Waals surface area contributed by atoms with E-state index in [-0.39, 0.29) is 0 Å². The standard InChI is InChI=1S/C10H15N5OS/c1-6-9(17-8(4-11)12-6)10-13-7(14-16-10)5-15(2)3/h4-5,11H2,1-3H3. The fourth-order valence-electron chi connectivity index (χ4n) is 1.43. The Balaban J connectivity index is 2.26. The molecule has 2 aromatic rings. The molecule has 0 bridgehead atoms. The van der Waals surface area contributed by atoms with E-state index in [0.29, 0.717) is 24.8 Å². The second kappa shape index (κ2) is 4.91. The highest BCUT2D eigenvalue weighted by Gasteiger charge is 2.15. The number of rotatable bonds is 4.